The third kappa shape index (κ3) is 5.13. The van der Waals surface area contributed by atoms with Gasteiger partial charge in [0.1, 0.15) is 0 Å². The fourth-order valence-corrected chi connectivity index (χ4v) is 4.33. The van der Waals surface area contributed by atoms with Crippen LogP contribution in [-0.2, 0) is 12.3 Å². The Morgan fingerprint density at radius 2 is 1.81 bits per heavy atom. The van der Waals surface area contributed by atoms with Gasteiger partial charge in [-0.25, -0.2) is 0 Å². The topological polar surface area (TPSA) is 63.9 Å². The molecule has 0 N–H and O–H groups in total. The largest absolute Gasteiger partial charge is 0.337 e. The maximum Gasteiger partial charge on any atom is 0.255 e. The van der Waals surface area contributed by atoms with Crippen LogP contribution < -0.4 is 0 Å². The van der Waals surface area contributed by atoms with Crippen molar-refractivity contribution >= 4 is 29.3 Å². The monoisotopic (exact) mass is 449 g/mol. The number of nitrogens with zero attached hydrogens (tertiary/aromatic N) is 5. The van der Waals surface area contributed by atoms with Gasteiger partial charge in [-0.2, -0.15) is 4.68 Å². The van der Waals surface area contributed by atoms with Crippen LogP contribution in [-0.4, -0.2) is 38.1 Å². The highest BCUT2D eigenvalue weighted by Crippen LogP contribution is 2.27. The van der Waals surface area contributed by atoms with Gasteiger partial charge in [-0.05, 0) is 52.4 Å². The van der Waals surface area contributed by atoms with Crippen molar-refractivity contribution in [2.24, 2.45) is 0 Å². The number of tetrazole rings is 1. The molecule has 0 saturated carbocycles. The van der Waals surface area contributed by atoms with Crippen LogP contribution in [0.25, 0.3) is 5.69 Å². The van der Waals surface area contributed by atoms with Crippen LogP contribution in [0.3, 0.4) is 0 Å². The molecule has 0 atom stereocenters. The molecule has 0 saturated heterocycles. The van der Waals surface area contributed by atoms with E-state index < -0.39 is 0 Å². The molecule has 1 heterocycles. The zero-order valence-corrected chi connectivity index (χ0v) is 18.4. The molecule has 0 fully saturated rings. The summed E-state index contributed by atoms with van der Waals surface area (Å²) >= 11 is 7.61. The molecule has 0 unspecified atom stereocenters. The van der Waals surface area contributed by atoms with Crippen LogP contribution in [0.5, 0.6) is 0 Å². The zero-order valence-electron chi connectivity index (χ0n) is 16.9. The van der Waals surface area contributed by atoms with Crippen molar-refractivity contribution < 1.29 is 4.79 Å². The fraction of sp³-hybridized carbons (Fsp3) is 0.130. The molecule has 0 radical (unpaired) electrons. The third-order valence-electron chi connectivity index (χ3n) is 4.66. The molecule has 8 heteroatoms. The van der Waals surface area contributed by atoms with E-state index >= 15 is 0 Å². The van der Waals surface area contributed by atoms with Crippen molar-refractivity contribution in [3.05, 3.63) is 101 Å². The second kappa shape index (κ2) is 9.76. The molecule has 1 amide bonds. The number of rotatable bonds is 7. The molecular weight excluding hydrogens is 430 g/mol. The lowest BCUT2D eigenvalue weighted by atomic mass is 10.1. The van der Waals surface area contributed by atoms with E-state index in [4.69, 9.17) is 11.6 Å². The predicted octanol–water partition coefficient (Wildman–Crippen LogP) is 4.88. The van der Waals surface area contributed by atoms with Crippen molar-refractivity contribution in [2.75, 3.05) is 7.05 Å². The highest BCUT2D eigenvalue weighted by Gasteiger charge is 2.17. The van der Waals surface area contributed by atoms with E-state index in [1.54, 1.807) is 16.6 Å². The number of benzene rings is 3. The van der Waals surface area contributed by atoms with Gasteiger partial charge >= 0.3 is 0 Å². The Kier molecular flexibility index (Phi) is 6.64. The number of hydrogen-bond acceptors (Lipinski definition) is 5. The molecular formula is C23H20ClN5OS. The Morgan fingerprint density at radius 1 is 1.03 bits per heavy atom. The lowest BCUT2D eigenvalue weighted by Gasteiger charge is -2.19. The van der Waals surface area contributed by atoms with Crippen molar-refractivity contribution in [3.8, 4) is 5.69 Å². The Balaban J connectivity index is 1.49. The summed E-state index contributed by atoms with van der Waals surface area (Å²) in [5.74, 6) is 1.20. The molecule has 31 heavy (non-hydrogen) atoms. The average molecular weight is 450 g/mol. The van der Waals surface area contributed by atoms with Gasteiger partial charge in [-0.3, -0.25) is 4.79 Å². The smallest absolute Gasteiger partial charge is 0.255 e. The van der Waals surface area contributed by atoms with Crippen LogP contribution in [0, 0.1) is 0 Å². The molecule has 4 rings (SSSR count). The lowest BCUT2D eigenvalue weighted by Crippen LogP contribution is -2.26. The number of hydrogen-bond donors (Lipinski definition) is 0. The molecule has 0 bridgehead atoms. The number of halogens is 1. The molecule has 6 nitrogen and oxygen atoms in total. The van der Waals surface area contributed by atoms with E-state index in [1.807, 2.05) is 78.9 Å². The van der Waals surface area contributed by atoms with Crippen molar-refractivity contribution in [1.82, 2.24) is 25.1 Å². The van der Waals surface area contributed by atoms with Crippen molar-refractivity contribution in [1.29, 1.82) is 0 Å². The van der Waals surface area contributed by atoms with Crippen molar-refractivity contribution in [2.45, 2.75) is 17.2 Å². The molecule has 156 valence electrons. The number of amides is 1. The highest BCUT2D eigenvalue weighted by atomic mass is 35.5. The minimum atomic E-state index is -0.0503. The first kappa shape index (κ1) is 21.1. The van der Waals surface area contributed by atoms with E-state index in [1.165, 1.54) is 11.8 Å². The summed E-state index contributed by atoms with van der Waals surface area (Å²) in [7, 11) is 1.79. The third-order valence-corrected chi connectivity index (χ3v) is 5.97. The summed E-state index contributed by atoms with van der Waals surface area (Å²) < 4.78 is 1.71. The van der Waals surface area contributed by atoms with E-state index in [2.05, 4.69) is 15.5 Å². The number of thioether (sulfide) groups is 1. The number of carbonyl (C=O) groups excluding carboxylic acids is 1. The van der Waals surface area contributed by atoms with Crippen LogP contribution in [0.15, 0.2) is 83.8 Å². The van der Waals surface area contributed by atoms with Gasteiger partial charge in [0.2, 0.25) is 0 Å². The summed E-state index contributed by atoms with van der Waals surface area (Å²) in [5.41, 5.74) is 2.53. The molecule has 0 spiro atoms. The Labute approximate surface area is 189 Å². The standard InChI is InChI=1S/C23H20ClN5OS/c1-28(15-17-8-7-9-18(24)14-17)23(30)20-12-5-6-13-21(20)31-16-22-25-26-27-29(22)19-10-3-2-4-11-19/h2-14H,15-16H2,1H3. The summed E-state index contributed by atoms with van der Waals surface area (Å²) in [6, 6.07) is 24.9. The molecule has 0 aliphatic rings. The predicted molar refractivity (Wildman–Crippen MR) is 122 cm³/mol. The lowest BCUT2D eigenvalue weighted by molar-refractivity contribution is 0.0781. The average Bonchev–Trinajstić information content (AvgIpc) is 3.27. The quantitative estimate of drug-likeness (QED) is 0.376. The molecule has 3 aromatic carbocycles. The normalized spacial score (nSPS) is 10.8. The first-order valence-corrected chi connectivity index (χ1v) is 11.0. The van der Waals surface area contributed by atoms with E-state index in [0.717, 1.165) is 16.1 Å². The van der Waals surface area contributed by atoms with Crippen LogP contribution in [0.1, 0.15) is 21.7 Å². The zero-order chi connectivity index (χ0) is 21.6. The van der Waals surface area contributed by atoms with Gasteiger partial charge in [0, 0.05) is 23.5 Å². The Morgan fingerprint density at radius 3 is 2.61 bits per heavy atom. The maximum atomic E-state index is 13.1. The highest BCUT2D eigenvalue weighted by molar-refractivity contribution is 7.98. The van der Waals surface area contributed by atoms with Crippen molar-refractivity contribution in [3.63, 3.8) is 0 Å². The number of aromatic nitrogens is 4. The van der Waals surface area contributed by atoms with Gasteiger partial charge in [0.15, 0.2) is 5.82 Å². The van der Waals surface area contributed by atoms with Gasteiger partial charge in [0.25, 0.3) is 5.91 Å². The number of carbonyl (C=O) groups is 1. The molecule has 0 aliphatic carbocycles. The first-order chi connectivity index (χ1) is 15.1. The van der Waals surface area contributed by atoms with Gasteiger partial charge in [0.05, 0.1) is 17.0 Å². The summed E-state index contributed by atoms with van der Waals surface area (Å²) in [5, 5.41) is 12.7. The summed E-state index contributed by atoms with van der Waals surface area (Å²) in [6.07, 6.45) is 0. The van der Waals surface area contributed by atoms with Gasteiger partial charge < -0.3 is 4.90 Å². The van der Waals surface area contributed by atoms with Crippen LogP contribution in [0.4, 0.5) is 0 Å². The summed E-state index contributed by atoms with van der Waals surface area (Å²) in [6.45, 7) is 0.477. The van der Waals surface area contributed by atoms with Gasteiger partial charge in [-0.1, -0.05) is 54.1 Å². The summed E-state index contributed by atoms with van der Waals surface area (Å²) in [4.78, 5) is 15.7. The van der Waals surface area contributed by atoms with E-state index in [9.17, 15) is 4.79 Å². The minimum Gasteiger partial charge on any atom is -0.337 e. The Bertz CT molecular complexity index is 1180. The molecule has 4 aromatic rings. The molecule has 1 aromatic heterocycles. The molecule has 0 aliphatic heterocycles. The first-order valence-electron chi connectivity index (χ1n) is 9.66. The minimum absolute atomic E-state index is 0.0503. The second-order valence-electron chi connectivity index (χ2n) is 6.92. The van der Waals surface area contributed by atoms with E-state index in [-0.39, 0.29) is 5.91 Å². The maximum absolute atomic E-state index is 13.1. The van der Waals surface area contributed by atoms with Crippen LogP contribution in [0.2, 0.25) is 5.02 Å². The number of para-hydroxylation sites is 1. The SMILES string of the molecule is CN(Cc1cccc(Cl)c1)C(=O)c1ccccc1SCc1nnnn1-c1ccccc1. The second-order valence-corrected chi connectivity index (χ2v) is 8.37. The Hall–Kier alpha value is -3.16. The van der Waals surface area contributed by atoms with Crippen LogP contribution >= 0.6 is 23.4 Å². The van der Waals surface area contributed by atoms with E-state index in [0.29, 0.717) is 28.7 Å². The van der Waals surface area contributed by atoms with Gasteiger partial charge in [-0.15, -0.1) is 16.9 Å². The fourth-order valence-electron chi connectivity index (χ4n) is 3.16.